The van der Waals surface area contributed by atoms with Crippen LogP contribution in [0.15, 0.2) is 16.6 Å². The molecule has 2 heteroatoms. The third-order valence-corrected chi connectivity index (χ3v) is 5.24. The highest BCUT2D eigenvalue weighted by atomic mass is 32.1. The Balaban J connectivity index is 2.43. The van der Waals surface area contributed by atoms with Crippen LogP contribution >= 0.6 is 12.2 Å². The molecule has 0 saturated heterocycles. The Kier molecular flexibility index (Phi) is 4.08. The van der Waals surface area contributed by atoms with Crippen molar-refractivity contribution in [2.75, 3.05) is 0 Å². The molecule has 0 spiro atoms. The third-order valence-electron chi connectivity index (χ3n) is 5.15. The molecular formula is C16H25NS. The normalized spacial score (nSPS) is 39.8. The molecule has 0 aromatic heterocycles. The standard InChI is InChI=1S/C16H25NS/c1-11(2)13-8-7-12(3)14-6-5-9-16(4,15(13)14)17-10-18/h6,11-13,15H,5,7-9H2,1-4H3. The van der Waals surface area contributed by atoms with Gasteiger partial charge in [-0.3, -0.25) is 0 Å². The lowest BCUT2D eigenvalue weighted by atomic mass is 9.57. The van der Waals surface area contributed by atoms with Gasteiger partial charge in [-0.1, -0.05) is 32.4 Å². The second-order valence-corrected chi connectivity index (χ2v) is 6.85. The molecule has 0 aromatic carbocycles. The predicted octanol–water partition coefficient (Wildman–Crippen LogP) is 4.89. The van der Waals surface area contributed by atoms with E-state index in [9.17, 15) is 0 Å². The van der Waals surface area contributed by atoms with Crippen molar-refractivity contribution in [3.05, 3.63) is 11.6 Å². The molecule has 0 amide bonds. The Hall–Kier alpha value is -0.460. The van der Waals surface area contributed by atoms with Crippen molar-refractivity contribution in [1.82, 2.24) is 0 Å². The molecule has 2 aliphatic rings. The maximum atomic E-state index is 4.90. The topological polar surface area (TPSA) is 12.4 Å². The second kappa shape index (κ2) is 5.27. The van der Waals surface area contributed by atoms with Gasteiger partial charge in [-0.25, -0.2) is 4.99 Å². The summed E-state index contributed by atoms with van der Waals surface area (Å²) in [6.45, 7) is 9.38. The molecule has 4 atom stereocenters. The molecule has 1 fully saturated rings. The van der Waals surface area contributed by atoms with E-state index in [2.05, 4.69) is 43.9 Å². The lowest BCUT2D eigenvalue weighted by Crippen LogP contribution is -2.46. The maximum absolute atomic E-state index is 4.90. The molecule has 0 heterocycles. The number of rotatable bonds is 2. The average Bonchev–Trinajstić information content (AvgIpc) is 2.30. The Labute approximate surface area is 117 Å². The first kappa shape index (κ1) is 14.0. The zero-order valence-electron chi connectivity index (χ0n) is 12.1. The first-order valence-electron chi connectivity index (χ1n) is 7.28. The summed E-state index contributed by atoms with van der Waals surface area (Å²) >= 11 is 4.90. The fourth-order valence-electron chi connectivity index (χ4n) is 4.11. The minimum absolute atomic E-state index is 0.00451. The molecule has 0 radical (unpaired) electrons. The number of isothiocyanates is 1. The Morgan fingerprint density at radius 3 is 2.78 bits per heavy atom. The maximum Gasteiger partial charge on any atom is 0.0753 e. The van der Waals surface area contributed by atoms with Gasteiger partial charge >= 0.3 is 0 Å². The third kappa shape index (κ3) is 2.33. The smallest absolute Gasteiger partial charge is 0.0753 e. The van der Waals surface area contributed by atoms with Crippen LogP contribution in [0.1, 0.15) is 53.4 Å². The van der Waals surface area contributed by atoms with Crippen LogP contribution in [-0.4, -0.2) is 10.7 Å². The number of thiocarbonyl (C=S) groups is 1. The van der Waals surface area contributed by atoms with Gasteiger partial charge in [-0.2, -0.15) is 0 Å². The van der Waals surface area contributed by atoms with Crippen LogP contribution in [0.2, 0.25) is 0 Å². The van der Waals surface area contributed by atoms with Crippen molar-refractivity contribution in [2.45, 2.75) is 58.9 Å². The van der Waals surface area contributed by atoms with Crippen molar-refractivity contribution < 1.29 is 0 Å². The van der Waals surface area contributed by atoms with E-state index in [1.54, 1.807) is 5.57 Å². The molecule has 100 valence electrons. The van der Waals surface area contributed by atoms with E-state index in [1.165, 1.54) is 12.8 Å². The van der Waals surface area contributed by atoms with Crippen LogP contribution < -0.4 is 0 Å². The summed E-state index contributed by atoms with van der Waals surface area (Å²) in [5.74, 6) is 2.80. The monoisotopic (exact) mass is 263 g/mol. The molecule has 0 N–H and O–H groups in total. The summed E-state index contributed by atoms with van der Waals surface area (Å²) in [7, 11) is 0. The molecule has 18 heavy (non-hydrogen) atoms. The van der Waals surface area contributed by atoms with Crippen molar-refractivity contribution in [1.29, 1.82) is 0 Å². The molecule has 0 aliphatic heterocycles. The van der Waals surface area contributed by atoms with E-state index in [4.69, 9.17) is 12.2 Å². The summed E-state index contributed by atoms with van der Waals surface area (Å²) < 4.78 is 0. The SMILES string of the molecule is CC1CCC(C(C)C)C2C1=CCCC2(C)N=C=S. The summed E-state index contributed by atoms with van der Waals surface area (Å²) in [6.07, 6.45) is 7.44. The van der Waals surface area contributed by atoms with Crippen LogP contribution in [0.4, 0.5) is 0 Å². The van der Waals surface area contributed by atoms with Crippen LogP contribution in [0.25, 0.3) is 0 Å². The molecule has 0 bridgehead atoms. The minimum Gasteiger partial charge on any atom is -0.225 e. The van der Waals surface area contributed by atoms with E-state index in [1.807, 2.05) is 0 Å². The van der Waals surface area contributed by atoms with Crippen LogP contribution in [-0.2, 0) is 0 Å². The summed E-state index contributed by atoms with van der Waals surface area (Å²) in [6, 6.07) is 0. The summed E-state index contributed by atoms with van der Waals surface area (Å²) in [5.41, 5.74) is 1.65. The van der Waals surface area contributed by atoms with Gasteiger partial charge in [0.15, 0.2) is 0 Å². The Bertz CT molecular complexity index is 392. The average molecular weight is 263 g/mol. The quantitative estimate of drug-likeness (QED) is 0.393. The molecular weight excluding hydrogens is 238 g/mol. The van der Waals surface area contributed by atoms with Gasteiger partial charge < -0.3 is 0 Å². The van der Waals surface area contributed by atoms with Crippen molar-refractivity contribution in [2.24, 2.45) is 28.7 Å². The highest BCUT2D eigenvalue weighted by Gasteiger charge is 2.47. The van der Waals surface area contributed by atoms with Gasteiger partial charge in [0.05, 0.1) is 10.7 Å². The molecule has 0 aromatic rings. The molecule has 2 aliphatic carbocycles. The Morgan fingerprint density at radius 1 is 1.44 bits per heavy atom. The molecule has 2 rings (SSSR count). The van der Waals surface area contributed by atoms with Gasteiger partial charge in [0.25, 0.3) is 0 Å². The number of aliphatic imine (C=N–C) groups is 1. The molecule has 1 saturated carbocycles. The number of nitrogens with zero attached hydrogens (tertiary/aromatic N) is 1. The van der Waals surface area contributed by atoms with Crippen molar-refractivity contribution in [3.8, 4) is 0 Å². The number of fused-ring (bicyclic) bond motifs is 1. The number of allylic oxidation sites excluding steroid dienone is 1. The van der Waals surface area contributed by atoms with E-state index in [0.29, 0.717) is 5.92 Å². The van der Waals surface area contributed by atoms with Crippen LogP contribution in [0.3, 0.4) is 0 Å². The number of hydrogen-bond donors (Lipinski definition) is 0. The minimum atomic E-state index is -0.00451. The lowest BCUT2D eigenvalue weighted by Gasteiger charge is -2.49. The van der Waals surface area contributed by atoms with Gasteiger partial charge in [0.1, 0.15) is 0 Å². The number of hydrogen-bond acceptors (Lipinski definition) is 2. The van der Waals surface area contributed by atoms with Gasteiger partial charge in [0.2, 0.25) is 0 Å². The van der Waals surface area contributed by atoms with E-state index >= 15 is 0 Å². The van der Waals surface area contributed by atoms with E-state index in [-0.39, 0.29) is 5.54 Å². The van der Waals surface area contributed by atoms with Crippen LogP contribution in [0.5, 0.6) is 0 Å². The zero-order chi connectivity index (χ0) is 13.3. The lowest BCUT2D eigenvalue weighted by molar-refractivity contribution is 0.122. The Morgan fingerprint density at radius 2 is 2.17 bits per heavy atom. The van der Waals surface area contributed by atoms with Crippen molar-refractivity contribution >= 4 is 17.4 Å². The highest BCUT2D eigenvalue weighted by molar-refractivity contribution is 7.78. The fraction of sp³-hybridized carbons (Fsp3) is 0.812. The van der Waals surface area contributed by atoms with E-state index in [0.717, 1.165) is 30.6 Å². The fourth-order valence-corrected chi connectivity index (χ4v) is 4.32. The zero-order valence-corrected chi connectivity index (χ0v) is 12.9. The van der Waals surface area contributed by atoms with E-state index < -0.39 is 0 Å². The van der Waals surface area contributed by atoms with Crippen LogP contribution in [0, 0.1) is 23.7 Å². The predicted molar refractivity (Wildman–Crippen MR) is 81.0 cm³/mol. The second-order valence-electron chi connectivity index (χ2n) is 6.67. The van der Waals surface area contributed by atoms with Crippen molar-refractivity contribution in [3.63, 3.8) is 0 Å². The van der Waals surface area contributed by atoms with Gasteiger partial charge in [0, 0.05) is 5.92 Å². The summed E-state index contributed by atoms with van der Waals surface area (Å²) in [4.78, 5) is 4.59. The largest absolute Gasteiger partial charge is 0.225 e. The molecule has 4 unspecified atom stereocenters. The van der Waals surface area contributed by atoms with Gasteiger partial charge in [-0.05, 0) is 62.6 Å². The first-order valence-corrected chi connectivity index (χ1v) is 7.69. The molecule has 1 nitrogen and oxygen atoms in total. The summed E-state index contributed by atoms with van der Waals surface area (Å²) in [5, 5.41) is 2.67. The van der Waals surface area contributed by atoms with Gasteiger partial charge in [-0.15, -0.1) is 0 Å². The first-order chi connectivity index (χ1) is 8.49. The highest BCUT2D eigenvalue weighted by Crippen LogP contribution is 2.51.